The molecule has 0 N–H and O–H groups in total. The molecule has 3 heterocycles. The molecule has 0 spiro atoms. The number of fused-ring (bicyclic) bond motifs is 1. The lowest BCUT2D eigenvalue weighted by Gasteiger charge is -2.03. The van der Waals surface area contributed by atoms with Gasteiger partial charge in [-0.2, -0.15) is 9.61 Å². The number of benzene rings is 1. The van der Waals surface area contributed by atoms with Crippen LogP contribution in [0.15, 0.2) is 46.3 Å². The van der Waals surface area contributed by atoms with Crippen LogP contribution in [0.1, 0.15) is 5.82 Å². The summed E-state index contributed by atoms with van der Waals surface area (Å²) >= 11 is 6.59. The van der Waals surface area contributed by atoms with Gasteiger partial charge in [-0.3, -0.25) is 0 Å². The molecule has 0 saturated heterocycles. The Labute approximate surface area is 142 Å². The highest BCUT2D eigenvalue weighted by Gasteiger charge is 2.13. The summed E-state index contributed by atoms with van der Waals surface area (Å²) in [6, 6.07) is 11.7. The number of halogens is 1. The first kappa shape index (κ1) is 13.9. The molecule has 110 valence electrons. The molecule has 0 bridgehead atoms. The van der Waals surface area contributed by atoms with Crippen LogP contribution in [-0.4, -0.2) is 19.8 Å². The third-order valence-electron chi connectivity index (χ3n) is 2.97. The molecular weight excluding hydrogens is 384 g/mol. The molecule has 0 amide bonds. The number of hydrogen-bond acceptors (Lipinski definition) is 6. The van der Waals surface area contributed by atoms with Gasteiger partial charge in [-0.1, -0.05) is 33.3 Å². The van der Waals surface area contributed by atoms with Crippen molar-refractivity contribution in [3.8, 4) is 15.6 Å². The monoisotopic (exact) mass is 392 g/mol. The molecule has 0 unspecified atom stereocenters. The van der Waals surface area contributed by atoms with Gasteiger partial charge in [0, 0.05) is 4.47 Å². The first-order valence-electron chi connectivity index (χ1n) is 6.43. The molecule has 0 aliphatic carbocycles. The van der Waals surface area contributed by atoms with Crippen molar-refractivity contribution < 1.29 is 4.74 Å². The molecule has 8 heteroatoms. The van der Waals surface area contributed by atoms with Crippen LogP contribution in [0.3, 0.4) is 0 Å². The summed E-state index contributed by atoms with van der Waals surface area (Å²) in [5.41, 5.74) is 0. The molecule has 0 saturated carbocycles. The van der Waals surface area contributed by atoms with E-state index < -0.39 is 0 Å². The lowest BCUT2D eigenvalue weighted by molar-refractivity contribution is 0.293. The van der Waals surface area contributed by atoms with E-state index in [1.165, 1.54) is 11.3 Å². The Morgan fingerprint density at radius 2 is 2.00 bits per heavy atom. The van der Waals surface area contributed by atoms with Gasteiger partial charge in [0.1, 0.15) is 12.4 Å². The second-order valence-corrected chi connectivity index (χ2v) is 7.26. The van der Waals surface area contributed by atoms with Crippen LogP contribution < -0.4 is 4.74 Å². The molecule has 0 fully saturated rings. The van der Waals surface area contributed by atoms with Gasteiger partial charge < -0.3 is 4.74 Å². The normalized spacial score (nSPS) is 11.1. The van der Waals surface area contributed by atoms with Gasteiger partial charge in [0.05, 0.1) is 4.88 Å². The summed E-state index contributed by atoms with van der Waals surface area (Å²) < 4.78 is 8.50. The van der Waals surface area contributed by atoms with E-state index in [0.717, 1.165) is 25.1 Å². The summed E-state index contributed by atoms with van der Waals surface area (Å²) in [7, 11) is 0. The van der Waals surface area contributed by atoms with Gasteiger partial charge in [-0.15, -0.1) is 21.5 Å². The molecule has 22 heavy (non-hydrogen) atoms. The van der Waals surface area contributed by atoms with Crippen LogP contribution in [0, 0.1) is 0 Å². The number of hydrogen-bond donors (Lipinski definition) is 0. The van der Waals surface area contributed by atoms with E-state index in [9.17, 15) is 0 Å². The van der Waals surface area contributed by atoms with E-state index in [1.807, 2.05) is 41.8 Å². The van der Waals surface area contributed by atoms with Crippen molar-refractivity contribution in [3.05, 3.63) is 52.1 Å². The SMILES string of the molecule is Brc1ccc(OCc2nnc3sc(-c4cccs4)nn23)cc1. The molecular formula is C14H9BrN4OS2. The highest BCUT2D eigenvalue weighted by Crippen LogP contribution is 2.29. The highest BCUT2D eigenvalue weighted by atomic mass is 79.9. The fraction of sp³-hybridized carbons (Fsp3) is 0.0714. The molecule has 0 aliphatic heterocycles. The quantitative estimate of drug-likeness (QED) is 0.520. The third-order valence-corrected chi connectivity index (χ3v) is 5.44. The second-order valence-electron chi connectivity index (χ2n) is 4.44. The maximum Gasteiger partial charge on any atom is 0.235 e. The Bertz CT molecular complexity index is 899. The van der Waals surface area contributed by atoms with Gasteiger partial charge in [0.15, 0.2) is 10.8 Å². The van der Waals surface area contributed by atoms with Gasteiger partial charge >= 0.3 is 0 Å². The van der Waals surface area contributed by atoms with Crippen molar-refractivity contribution in [2.45, 2.75) is 6.61 Å². The topological polar surface area (TPSA) is 52.3 Å². The van der Waals surface area contributed by atoms with E-state index in [2.05, 4.69) is 31.2 Å². The first-order chi connectivity index (χ1) is 10.8. The minimum Gasteiger partial charge on any atom is -0.486 e. The largest absolute Gasteiger partial charge is 0.486 e. The second kappa shape index (κ2) is 5.79. The van der Waals surface area contributed by atoms with Crippen LogP contribution in [0.2, 0.25) is 0 Å². The Hall–Kier alpha value is -1.77. The van der Waals surface area contributed by atoms with Crippen molar-refractivity contribution in [1.29, 1.82) is 0 Å². The zero-order valence-electron chi connectivity index (χ0n) is 11.1. The number of thiophene rings is 1. The third kappa shape index (κ3) is 2.65. The summed E-state index contributed by atoms with van der Waals surface area (Å²) in [6.45, 7) is 0.330. The molecule has 1 aromatic carbocycles. The zero-order chi connectivity index (χ0) is 14.9. The predicted molar refractivity (Wildman–Crippen MR) is 90.4 cm³/mol. The molecule has 0 atom stereocenters. The molecule has 4 rings (SSSR count). The molecule has 5 nitrogen and oxygen atoms in total. The number of nitrogens with zero attached hydrogens (tertiary/aromatic N) is 4. The summed E-state index contributed by atoms with van der Waals surface area (Å²) in [6.07, 6.45) is 0. The van der Waals surface area contributed by atoms with Crippen LogP contribution in [0.5, 0.6) is 5.75 Å². The van der Waals surface area contributed by atoms with E-state index >= 15 is 0 Å². The van der Waals surface area contributed by atoms with E-state index in [1.54, 1.807) is 15.9 Å². The first-order valence-corrected chi connectivity index (χ1v) is 8.92. The van der Waals surface area contributed by atoms with E-state index in [-0.39, 0.29) is 0 Å². The minimum absolute atomic E-state index is 0.330. The fourth-order valence-electron chi connectivity index (χ4n) is 1.93. The average molecular weight is 393 g/mol. The van der Waals surface area contributed by atoms with Crippen molar-refractivity contribution in [1.82, 2.24) is 19.8 Å². The summed E-state index contributed by atoms with van der Waals surface area (Å²) in [4.78, 5) is 1.91. The lowest BCUT2D eigenvalue weighted by Crippen LogP contribution is -2.02. The number of rotatable bonds is 4. The van der Waals surface area contributed by atoms with Crippen LogP contribution in [0.25, 0.3) is 14.8 Å². The average Bonchev–Trinajstić information content (AvgIpc) is 3.23. The van der Waals surface area contributed by atoms with Crippen molar-refractivity contribution in [2.24, 2.45) is 0 Å². The number of aromatic nitrogens is 4. The molecule has 4 aromatic rings. The van der Waals surface area contributed by atoms with E-state index in [0.29, 0.717) is 12.4 Å². The van der Waals surface area contributed by atoms with Gasteiger partial charge in [-0.25, -0.2) is 0 Å². The zero-order valence-corrected chi connectivity index (χ0v) is 14.4. The van der Waals surface area contributed by atoms with Crippen LogP contribution >= 0.6 is 38.6 Å². The lowest BCUT2D eigenvalue weighted by atomic mass is 10.3. The smallest absolute Gasteiger partial charge is 0.235 e. The molecule has 0 radical (unpaired) electrons. The Kier molecular flexibility index (Phi) is 3.65. The van der Waals surface area contributed by atoms with Crippen molar-refractivity contribution in [2.75, 3.05) is 0 Å². The van der Waals surface area contributed by atoms with Crippen molar-refractivity contribution >= 4 is 43.6 Å². The highest BCUT2D eigenvalue weighted by molar-refractivity contribution is 9.10. The maximum atomic E-state index is 5.74. The fourth-order valence-corrected chi connectivity index (χ4v) is 3.84. The predicted octanol–water partition coefficient (Wildman–Crippen LogP) is 4.26. The van der Waals surface area contributed by atoms with Crippen LogP contribution in [0.4, 0.5) is 0 Å². The Balaban J connectivity index is 1.58. The Morgan fingerprint density at radius 3 is 2.77 bits per heavy atom. The van der Waals surface area contributed by atoms with Crippen molar-refractivity contribution in [3.63, 3.8) is 0 Å². The molecule has 0 aliphatic rings. The van der Waals surface area contributed by atoms with Gasteiger partial charge in [0.25, 0.3) is 0 Å². The maximum absolute atomic E-state index is 5.74. The minimum atomic E-state index is 0.330. The Morgan fingerprint density at radius 1 is 1.14 bits per heavy atom. The summed E-state index contributed by atoms with van der Waals surface area (Å²) in [5.74, 6) is 1.48. The molecule has 3 aromatic heterocycles. The standard InChI is InChI=1S/C14H9BrN4OS2/c15-9-3-5-10(6-4-9)20-8-12-16-17-14-19(12)18-13(22-14)11-2-1-7-21-11/h1-7H,8H2. The number of ether oxygens (including phenoxy) is 1. The van der Waals surface area contributed by atoms with Gasteiger partial charge in [0.2, 0.25) is 4.96 Å². The van der Waals surface area contributed by atoms with Crippen LogP contribution in [-0.2, 0) is 6.61 Å². The van der Waals surface area contributed by atoms with Gasteiger partial charge in [-0.05, 0) is 35.7 Å². The summed E-state index contributed by atoms with van der Waals surface area (Å²) in [5, 5.41) is 15.9. The van der Waals surface area contributed by atoms with E-state index in [4.69, 9.17) is 4.74 Å².